The van der Waals surface area contributed by atoms with Gasteiger partial charge in [0.15, 0.2) is 0 Å². The summed E-state index contributed by atoms with van der Waals surface area (Å²) in [5.41, 5.74) is 0.346. The van der Waals surface area contributed by atoms with Gasteiger partial charge < -0.3 is 9.64 Å². The van der Waals surface area contributed by atoms with E-state index in [2.05, 4.69) is 20.9 Å². The molecule has 0 bridgehead atoms. The molecule has 1 aliphatic heterocycles. The van der Waals surface area contributed by atoms with Crippen LogP contribution in [0.4, 0.5) is 0 Å². The van der Waals surface area contributed by atoms with E-state index in [1.54, 1.807) is 36.3 Å². The SMILES string of the molecule is CN(C(=O)c1cccnc1Oc1ccccc1Br)C1CCS(=O)(=O)CC1. The first-order valence-electron chi connectivity index (χ1n) is 8.22. The van der Waals surface area contributed by atoms with Gasteiger partial charge in [-0.15, -0.1) is 0 Å². The molecular formula is C18H19BrN2O4S. The molecule has 26 heavy (non-hydrogen) atoms. The highest BCUT2D eigenvalue weighted by Crippen LogP contribution is 2.30. The minimum absolute atomic E-state index is 0.109. The zero-order valence-electron chi connectivity index (χ0n) is 14.3. The maximum absolute atomic E-state index is 12.9. The lowest BCUT2D eigenvalue weighted by molar-refractivity contribution is 0.0718. The monoisotopic (exact) mass is 438 g/mol. The van der Waals surface area contributed by atoms with E-state index in [1.165, 1.54) is 0 Å². The van der Waals surface area contributed by atoms with Crippen LogP contribution in [0.5, 0.6) is 11.6 Å². The molecule has 0 saturated carbocycles. The van der Waals surface area contributed by atoms with Crippen LogP contribution in [0.3, 0.4) is 0 Å². The molecule has 138 valence electrons. The number of amides is 1. The normalized spacial score (nSPS) is 16.8. The van der Waals surface area contributed by atoms with E-state index in [-0.39, 0.29) is 29.3 Å². The molecule has 1 fully saturated rings. The Bertz CT molecular complexity index is 903. The van der Waals surface area contributed by atoms with Gasteiger partial charge in [0.05, 0.1) is 16.0 Å². The molecule has 1 aromatic carbocycles. The number of hydrogen-bond donors (Lipinski definition) is 0. The van der Waals surface area contributed by atoms with Crippen molar-refractivity contribution in [2.45, 2.75) is 18.9 Å². The Kier molecular flexibility index (Phi) is 5.62. The van der Waals surface area contributed by atoms with Gasteiger partial charge in [-0.1, -0.05) is 12.1 Å². The largest absolute Gasteiger partial charge is 0.437 e. The highest BCUT2D eigenvalue weighted by molar-refractivity contribution is 9.10. The number of aromatic nitrogens is 1. The fourth-order valence-corrected chi connectivity index (χ4v) is 4.72. The molecule has 2 aromatic rings. The number of sulfone groups is 1. The summed E-state index contributed by atoms with van der Waals surface area (Å²) < 4.78 is 29.8. The number of carbonyl (C=O) groups is 1. The van der Waals surface area contributed by atoms with Gasteiger partial charge in [-0.05, 0) is 53.0 Å². The summed E-state index contributed by atoms with van der Waals surface area (Å²) in [5.74, 6) is 0.779. The Hall–Kier alpha value is -1.93. The second-order valence-corrected chi connectivity index (χ2v) is 9.35. The fraction of sp³-hybridized carbons (Fsp3) is 0.333. The molecule has 0 N–H and O–H groups in total. The maximum Gasteiger partial charge on any atom is 0.259 e. The van der Waals surface area contributed by atoms with Crippen molar-refractivity contribution in [2.75, 3.05) is 18.6 Å². The Balaban J connectivity index is 1.81. The molecule has 1 saturated heterocycles. The average Bonchev–Trinajstić information content (AvgIpc) is 2.63. The number of para-hydroxylation sites is 1. The second kappa shape index (κ2) is 7.75. The summed E-state index contributed by atoms with van der Waals surface area (Å²) in [6.07, 6.45) is 2.46. The van der Waals surface area contributed by atoms with Crippen LogP contribution in [0.1, 0.15) is 23.2 Å². The quantitative estimate of drug-likeness (QED) is 0.731. The third-order valence-corrected chi connectivity index (χ3v) is 6.81. The lowest BCUT2D eigenvalue weighted by Gasteiger charge is -2.31. The summed E-state index contributed by atoms with van der Waals surface area (Å²) >= 11 is 3.41. The van der Waals surface area contributed by atoms with Crippen molar-refractivity contribution >= 4 is 31.7 Å². The summed E-state index contributed by atoms with van der Waals surface area (Å²) in [6, 6.07) is 10.6. The number of carbonyl (C=O) groups excluding carboxylic acids is 1. The highest BCUT2D eigenvalue weighted by Gasteiger charge is 2.30. The van der Waals surface area contributed by atoms with Crippen LogP contribution in [0.2, 0.25) is 0 Å². The van der Waals surface area contributed by atoms with Gasteiger partial charge in [0.2, 0.25) is 5.88 Å². The molecule has 0 atom stereocenters. The van der Waals surface area contributed by atoms with Gasteiger partial charge >= 0.3 is 0 Å². The number of benzene rings is 1. The van der Waals surface area contributed by atoms with Crippen molar-refractivity contribution in [2.24, 2.45) is 0 Å². The lowest BCUT2D eigenvalue weighted by atomic mass is 10.1. The van der Waals surface area contributed by atoms with Crippen LogP contribution in [-0.4, -0.2) is 48.8 Å². The molecular weight excluding hydrogens is 420 g/mol. The van der Waals surface area contributed by atoms with Crippen LogP contribution in [-0.2, 0) is 9.84 Å². The molecule has 6 nitrogen and oxygen atoms in total. The molecule has 3 rings (SSSR count). The Morgan fingerprint density at radius 1 is 1.19 bits per heavy atom. The standard InChI is InChI=1S/C18H19BrN2O4S/c1-21(13-8-11-26(23,24)12-9-13)18(22)14-5-4-10-20-17(14)25-16-7-3-2-6-15(16)19/h2-7,10,13H,8-9,11-12H2,1H3. The van der Waals surface area contributed by atoms with Crippen molar-refractivity contribution < 1.29 is 17.9 Å². The van der Waals surface area contributed by atoms with Crippen molar-refractivity contribution in [1.82, 2.24) is 9.88 Å². The second-order valence-electron chi connectivity index (χ2n) is 6.19. The van der Waals surface area contributed by atoms with E-state index in [9.17, 15) is 13.2 Å². The zero-order valence-corrected chi connectivity index (χ0v) is 16.7. The number of nitrogens with zero attached hydrogens (tertiary/aromatic N) is 2. The third-order valence-electron chi connectivity index (χ3n) is 4.44. The van der Waals surface area contributed by atoms with Gasteiger partial charge in [0, 0.05) is 19.3 Å². The predicted octanol–water partition coefficient (Wildman–Crippen LogP) is 3.29. The number of rotatable bonds is 4. The van der Waals surface area contributed by atoms with Gasteiger partial charge in [-0.3, -0.25) is 4.79 Å². The number of halogens is 1. The molecule has 1 aromatic heterocycles. The number of pyridine rings is 1. The number of ether oxygens (including phenoxy) is 1. The predicted molar refractivity (Wildman–Crippen MR) is 102 cm³/mol. The summed E-state index contributed by atoms with van der Waals surface area (Å²) in [7, 11) is -1.28. The number of hydrogen-bond acceptors (Lipinski definition) is 5. The van der Waals surface area contributed by atoms with Gasteiger partial charge in [0.1, 0.15) is 21.2 Å². The van der Waals surface area contributed by atoms with Crippen LogP contribution in [0.15, 0.2) is 47.1 Å². The third kappa shape index (κ3) is 4.24. The molecule has 0 aliphatic carbocycles. The van der Waals surface area contributed by atoms with Gasteiger partial charge in [0.25, 0.3) is 5.91 Å². The van der Waals surface area contributed by atoms with E-state index in [4.69, 9.17) is 4.74 Å². The molecule has 8 heteroatoms. The van der Waals surface area contributed by atoms with Crippen molar-refractivity contribution in [3.8, 4) is 11.6 Å². The Labute approximate surface area is 161 Å². The van der Waals surface area contributed by atoms with Crippen molar-refractivity contribution in [3.63, 3.8) is 0 Å². The first-order chi connectivity index (χ1) is 12.4. The van der Waals surface area contributed by atoms with Crippen LogP contribution in [0.25, 0.3) is 0 Å². The fourth-order valence-electron chi connectivity index (χ4n) is 2.89. The topological polar surface area (TPSA) is 76.6 Å². The van der Waals surface area contributed by atoms with Crippen molar-refractivity contribution in [1.29, 1.82) is 0 Å². The summed E-state index contributed by atoms with van der Waals surface area (Å²) in [6.45, 7) is 0. The van der Waals surface area contributed by atoms with E-state index >= 15 is 0 Å². The van der Waals surface area contributed by atoms with E-state index in [1.807, 2.05) is 18.2 Å². The molecule has 1 aliphatic rings. The molecule has 0 unspecified atom stereocenters. The smallest absolute Gasteiger partial charge is 0.259 e. The minimum atomic E-state index is -2.97. The summed E-state index contributed by atoms with van der Waals surface area (Å²) in [5, 5.41) is 0. The van der Waals surface area contributed by atoms with Crippen LogP contribution < -0.4 is 4.74 Å². The highest BCUT2D eigenvalue weighted by atomic mass is 79.9. The zero-order chi connectivity index (χ0) is 18.7. The maximum atomic E-state index is 12.9. The Morgan fingerprint density at radius 3 is 2.58 bits per heavy atom. The van der Waals surface area contributed by atoms with E-state index < -0.39 is 9.84 Å². The molecule has 2 heterocycles. The van der Waals surface area contributed by atoms with Crippen LogP contribution in [0, 0.1) is 0 Å². The molecule has 0 radical (unpaired) electrons. The minimum Gasteiger partial charge on any atom is -0.437 e. The molecule has 0 spiro atoms. The van der Waals surface area contributed by atoms with Gasteiger partial charge in [-0.25, -0.2) is 13.4 Å². The van der Waals surface area contributed by atoms with E-state index in [0.717, 1.165) is 4.47 Å². The van der Waals surface area contributed by atoms with Crippen molar-refractivity contribution in [3.05, 3.63) is 52.6 Å². The van der Waals surface area contributed by atoms with Crippen LogP contribution >= 0.6 is 15.9 Å². The first kappa shape index (κ1) is 18.8. The van der Waals surface area contributed by atoms with E-state index in [0.29, 0.717) is 24.2 Å². The first-order valence-corrected chi connectivity index (χ1v) is 10.8. The Morgan fingerprint density at radius 2 is 1.88 bits per heavy atom. The molecule has 1 amide bonds. The van der Waals surface area contributed by atoms with Gasteiger partial charge in [-0.2, -0.15) is 0 Å². The average molecular weight is 439 g/mol. The lowest BCUT2D eigenvalue weighted by Crippen LogP contribution is -2.42. The summed E-state index contributed by atoms with van der Waals surface area (Å²) in [4.78, 5) is 18.7.